The largest absolute Gasteiger partial charge is 0.462 e. The molecule has 24 heavy (non-hydrogen) atoms. The van der Waals surface area contributed by atoms with Gasteiger partial charge in [0.25, 0.3) is 0 Å². The number of carbonyl (C=O) groups is 2. The molecule has 0 saturated heterocycles. The van der Waals surface area contributed by atoms with Gasteiger partial charge in [-0.25, -0.2) is 4.79 Å². The van der Waals surface area contributed by atoms with Gasteiger partial charge in [0.1, 0.15) is 0 Å². The van der Waals surface area contributed by atoms with Gasteiger partial charge in [-0.15, -0.1) is 0 Å². The first-order valence-corrected chi connectivity index (χ1v) is 8.01. The lowest BCUT2D eigenvalue weighted by Crippen LogP contribution is -2.22. The summed E-state index contributed by atoms with van der Waals surface area (Å²) in [5.41, 5.74) is 1.53. The number of hydrogen-bond acceptors (Lipinski definition) is 4. The molecule has 0 radical (unpaired) electrons. The number of esters is 1. The second kappa shape index (κ2) is 8.57. The Bertz CT molecular complexity index is 713. The van der Waals surface area contributed by atoms with E-state index in [0.717, 1.165) is 0 Å². The zero-order chi connectivity index (χ0) is 17.5. The second-order valence-electron chi connectivity index (χ2n) is 4.80. The molecule has 0 fully saturated rings. The van der Waals surface area contributed by atoms with Crippen molar-refractivity contribution in [2.45, 2.75) is 6.92 Å². The van der Waals surface area contributed by atoms with Gasteiger partial charge >= 0.3 is 5.97 Å². The highest BCUT2D eigenvalue weighted by molar-refractivity contribution is 6.39. The third-order valence-electron chi connectivity index (χ3n) is 3.08. The number of benzene rings is 2. The van der Waals surface area contributed by atoms with Crippen LogP contribution in [0.2, 0.25) is 10.0 Å². The molecule has 0 aliphatic heterocycles. The van der Waals surface area contributed by atoms with Crippen molar-refractivity contribution in [1.82, 2.24) is 0 Å². The third kappa shape index (κ3) is 4.88. The lowest BCUT2D eigenvalue weighted by atomic mass is 10.2. The Hall–Kier alpha value is -2.24. The van der Waals surface area contributed by atoms with E-state index in [1.54, 1.807) is 49.4 Å². The van der Waals surface area contributed by atoms with Crippen LogP contribution in [-0.4, -0.2) is 25.0 Å². The Morgan fingerprint density at radius 3 is 2.25 bits per heavy atom. The molecule has 2 aromatic carbocycles. The molecule has 2 aromatic rings. The van der Waals surface area contributed by atoms with Crippen molar-refractivity contribution in [3.05, 3.63) is 58.1 Å². The number of hydrogen-bond donors (Lipinski definition) is 2. The van der Waals surface area contributed by atoms with E-state index in [2.05, 4.69) is 10.6 Å². The molecule has 2 N–H and O–H groups in total. The molecule has 7 heteroatoms. The molecule has 0 aliphatic carbocycles. The number of nitrogens with one attached hydrogen (secondary N) is 2. The van der Waals surface area contributed by atoms with Crippen LogP contribution in [0.5, 0.6) is 0 Å². The summed E-state index contributed by atoms with van der Waals surface area (Å²) in [7, 11) is 0. The van der Waals surface area contributed by atoms with Crippen LogP contribution >= 0.6 is 23.2 Å². The molecule has 0 saturated carbocycles. The summed E-state index contributed by atoms with van der Waals surface area (Å²) >= 11 is 12.0. The molecular formula is C17H16Cl2N2O3. The van der Waals surface area contributed by atoms with Gasteiger partial charge in [0.15, 0.2) is 0 Å². The Kier molecular flexibility index (Phi) is 6.46. The lowest BCUT2D eigenvalue weighted by Gasteiger charge is -2.10. The molecular weight excluding hydrogens is 351 g/mol. The fourth-order valence-electron chi connectivity index (χ4n) is 1.92. The minimum absolute atomic E-state index is 0.0281. The average molecular weight is 367 g/mol. The highest BCUT2D eigenvalue weighted by Crippen LogP contribution is 2.29. The van der Waals surface area contributed by atoms with Gasteiger partial charge in [-0.1, -0.05) is 29.3 Å². The molecule has 0 bridgehead atoms. The molecule has 2 rings (SSSR count). The van der Waals surface area contributed by atoms with Crippen molar-refractivity contribution in [3.8, 4) is 0 Å². The summed E-state index contributed by atoms with van der Waals surface area (Å²) in [6.07, 6.45) is 0. The van der Waals surface area contributed by atoms with Crippen LogP contribution in [0.15, 0.2) is 42.5 Å². The van der Waals surface area contributed by atoms with Crippen molar-refractivity contribution in [1.29, 1.82) is 0 Å². The first kappa shape index (κ1) is 18.1. The molecule has 1 amide bonds. The lowest BCUT2D eigenvalue weighted by molar-refractivity contribution is -0.114. The second-order valence-corrected chi connectivity index (χ2v) is 5.61. The quantitative estimate of drug-likeness (QED) is 0.751. The molecule has 0 atom stereocenters. The third-order valence-corrected chi connectivity index (χ3v) is 3.71. The van der Waals surface area contributed by atoms with E-state index >= 15 is 0 Å². The number of anilines is 2. The van der Waals surface area contributed by atoms with Crippen molar-refractivity contribution in [3.63, 3.8) is 0 Å². The van der Waals surface area contributed by atoms with Crippen molar-refractivity contribution < 1.29 is 14.3 Å². The topological polar surface area (TPSA) is 67.4 Å². The monoisotopic (exact) mass is 366 g/mol. The Labute approximate surface area is 149 Å². The highest BCUT2D eigenvalue weighted by atomic mass is 35.5. The summed E-state index contributed by atoms with van der Waals surface area (Å²) in [5, 5.41) is 6.35. The first-order chi connectivity index (χ1) is 11.5. The smallest absolute Gasteiger partial charge is 0.338 e. The van der Waals surface area contributed by atoms with Crippen molar-refractivity contribution >= 4 is 46.5 Å². The van der Waals surface area contributed by atoms with E-state index in [1.165, 1.54) is 0 Å². The number of ether oxygens (including phenoxy) is 1. The van der Waals surface area contributed by atoms with Gasteiger partial charge in [0.05, 0.1) is 34.4 Å². The zero-order valence-electron chi connectivity index (χ0n) is 12.9. The van der Waals surface area contributed by atoms with Crippen LogP contribution in [0.25, 0.3) is 0 Å². The molecule has 126 valence electrons. The van der Waals surface area contributed by atoms with E-state index < -0.39 is 0 Å². The number of para-hydroxylation sites is 1. The zero-order valence-corrected chi connectivity index (χ0v) is 14.4. The Balaban J connectivity index is 1.91. The summed E-state index contributed by atoms with van der Waals surface area (Å²) in [4.78, 5) is 23.5. The van der Waals surface area contributed by atoms with Crippen LogP contribution in [0.3, 0.4) is 0 Å². The van der Waals surface area contributed by atoms with E-state index in [1.807, 2.05) is 0 Å². The predicted octanol–water partition coefficient (Wildman–Crippen LogP) is 4.22. The van der Waals surface area contributed by atoms with Gasteiger partial charge < -0.3 is 15.4 Å². The van der Waals surface area contributed by atoms with Crippen LogP contribution in [0.1, 0.15) is 17.3 Å². The minimum atomic E-state index is -0.379. The van der Waals surface area contributed by atoms with E-state index in [4.69, 9.17) is 27.9 Å². The molecule has 0 unspecified atom stereocenters. The van der Waals surface area contributed by atoms with E-state index in [0.29, 0.717) is 33.6 Å². The summed E-state index contributed by atoms with van der Waals surface area (Å²) < 4.78 is 4.91. The summed E-state index contributed by atoms with van der Waals surface area (Å²) in [5.74, 6) is -0.672. The van der Waals surface area contributed by atoms with E-state index in [9.17, 15) is 9.59 Å². The van der Waals surface area contributed by atoms with Gasteiger partial charge in [-0.05, 0) is 43.3 Å². The standard InChI is InChI=1S/C17H16Cl2N2O3/c1-2-24-17(23)11-6-8-12(9-7-11)20-10-15(22)21-16-13(18)4-3-5-14(16)19/h3-9,20H,2,10H2,1H3,(H,21,22). The van der Waals surface area contributed by atoms with Gasteiger partial charge in [0, 0.05) is 5.69 Å². The van der Waals surface area contributed by atoms with E-state index in [-0.39, 0.29) is 18.4 Å². The summed E-state index contributed by atoms with van der Waals surface area (Å²) in [6.45, 7) is 2.10. The molecule has 0 aliphatic rings. The van der Waals surface area contributed by atoms with Crippen LogP contribution in [0.4, 0.5) is 11.4 Å². The van der Waals surface area contributed by atoms with Crippen molar-refractivity contribution in [2.75, 3.05) is 23.8 Å². The summed E-state index contributed by atoms with van der Waals surface area (Å²) in [6, 6.07) is 11.6. The molecule has 0 heterocycles. The highest BCUT2D eigenvalue weighted by Gasteiger charge is 2.10. The van der Waals surface area contributed by atoms with Gasteiger partial charge in [-0.2, -0.15) is 0 Å². The Morgan fingerprint density at radius 1 is 1.04 bits per heavy atom. The maximum Gasteiger partial charge on any atom is 0.338 e. The van der Waals surface area contributed by atoms with Crippen LogP contribution in [0, 0.1) is 0 Å². The fourth-order valence-corrected chi connectivity index (χ4v) is 2.41. The van der Waals surface area contributed by atoms with Crippen LogP contribution in [-0.2, 0) is 9.53 Å². The number of amides is 1. The maximum absolute atomic E-state index is 12.0. The maximum atomic E-state index is 12.0. The number of carbonyl (C=O) groups excluding carboxylic acids is 2. The van der Waals surface area contributed by atoms with Gasteiger partial charge in [-0.3, -0.25) is 4.79 Å². The molecule has 5 nitrogen and oxygen atoms in total. The van der Waals surface area contributed by atoms with Crippen LogP contribution < -0.4 is 10.6 Å². The molecule has 0 aromatic heterocycles. The predicted molar refractivity (Wildman–Crippen MR) is 96.0 cm³/mol. The normalized spacial score (nSPS) is 10.1. The number of halogens is 2. The molecule has 0 spiro atoms. The Morgan fingerprint density at radius 2 is 1.67 bits per heavy atom. The average Bonchev–Trinajstić information content (AvgIpc) is 2.57. The van der Waals surface area contributed by atoms with Crippen molar-refractivity contribution in [2.24, 2.45) is 0 Å². The van der Waals surface area contributed by atoms with Gasteiger partial charge in [0.2, 0.25) is 5.91 Å². The number of rotatable bonds is 6. The fraction of sp³-hybridized carbons (Fsp3) is 0.176. The minimum Gasteiger partial charge on any atom is -0.462 e. The SMILES string of the molecule is CCOC(=O)c1ccc(NCC(=O)Nc2c(Cl)cccc2Cl)cc1. The first-order valence-electron chi connectivity index (χ1n) is 7.26.